The molecule has 0 spiro atoms. The van der Waals surface area contributed by atoms with E-state index >= 15 is 0 Å². The Morgan fingerprint density at radius 3 is 1.10 bits per heavy atom. The van der Waals surface area contributed by atoms with Crippen LogP contribution in [-0.2, 0) is 28.6 Å². The van der Waals surface area contributed by atoms with Gasteiger partial charge in [-0.15, -0.1) is 0 Å². The molecule has 308 valence electrons. The number of carbonyl (C=O) groups is 3. The Morgan fingerprint density at radius 2 is 0.731 bits per heavy atom. The van der Waals surface area contributed by atoms with Gasteiger partial charge in [-0.05, 0) is 31.1 Å². The van der Waals surface area contributed by atoms with E-state index in [1.54, 1.807) is 0 Å². The molecular weight excluding hydrogens is 648 g/mol. The molecule has 0 radical (unpaired) electrons. The van der Waals surface area contributed by atoms with E-state index in [-0.39, 0.29) is 31.1 Å². The summed E-state index contributed by atoms with van der Waals surface area (Å²) in [6, 6.07) is 0. The molecule has 0 rings (SSSR count). The molecule has 0 saturated carbocycles. The fourth-order valence-corrected chi connectivity index (χ4v) is 6.72. The molecule has 0 aromatic carbocycles. The maximum absolute atomic E-state index is 12.7. The molecule has 0 aliphatic rings. The molecule has 6 nitrogen and oxygen atoms in total. The third-order valence-electron chi connectivity index (χ3n) is 10.6. The van der Waals surface area contributed by atoms with E-state index in [2.05, 4.69) is 34.6 Å². The Kier molecular flexibility index (Phi) is 37.9. The van der Waals surface area contributed by atoms with Crippen molar-refractivity contribution < 1.29 is 28.6 Å². The minimum Gasteiger partial charge on any atom is -0.462 e. The number of carbonyl (C=O) groups excluding carboxylic acids is 3. The van der Waals surface area contributed by atoms with Gasteiger partial charge in [0.15, 0.2) is 6.10 Å². The van der Waals surface area contributed by atoms with Gasteiger partial charge in [0.2, 0.25) is 0 Å². The van der Waals surface area contributed by atoms with Crippen molar-refractivity contribution in [1.29, 1.82) is 0 Å². The van der Waals surface area contributed by atoms with Gasteiger partial charge in [0.1, 0.15) is 13.2 Å². The van der Waals surface area contributed by atoms with E-state index < -0.39 is 6.10 Å². The van der Waals surface area contributed by atoms with E-state index in [1.807, 2.05) is 0 Å². The molecule has 0 heterocycles. The highest BCUT2D eigenvalue weighted by Crippen LogP contribution is 2.17. The van der Waals surface area contributed by atoms with Crippen LogP contribution in [0.15, 0.2) is 0 Å². The first-order valence-electron chi connectivity index (χ1n) is 22.8. The maximum atomic E-state index is 12.7. The number of hydrogen-bond donors (Lipinski definition) is 0. The Bertz CT molecular complexity index is 796. The summed E-state index contributed by atoms with van der Waals surface area (Å²) in [6.07, 6.45) is 36.6. The van der Waals surface area contributed by atoms with Gasteiger partial charge in [-0.2, -0.15) is 0 Å². The molecule has 0 aliphatic heterocycles. The van der Waals surface area contributed by atoms with Crippen molar-refractivity contribution in [2.45, 2.75) is 253 Å². The van der Waals surface area contributed by atoms with Crippen LogP contribution < -0.4 is 0 Å². The molecule has 52 heavy (non-hydrogen) atoms. The van der Waals surface area contributed by atoms with Gasteiger partial charge in [0, 0.05) is 19.3 Å². The number of rotatable bonds is 40. The monoisotopic (exact) mass is 737 g/mol. The van der Waals surface area contributed by atoms with Crippen molar-refractivity contribution in [3.05, 3.63) is 0 Å². The smallest absolute Gasteiger partial charge is 0.306 e. The van der Waals surface area contributed by atoms with Crippen molar-refractivity contribution >= 4 is 17.9 Å². The van der Waals surface area contributed by atoms with Crippen LogP contribution in [0.2, 0.25) is 0 Å². The number of ether oxygens (including phenoxy) is 3. The van der Waals surface area contributed by atoms with Crippen LogP contribution in [0.4, 0.5) is 0 Å². The number of unbranched alkanes of at least 4 members (excludes halogenated alkanes) is 24. The first-order chi connectivity index (χ1) is 25.3. The average molecular weight is 737 g/mol. The summed E-state index contributed by atoms with van der Waals surface area (Å²) < 4.78 is 16.7. The predicted octanol–water partition coefficient (Wildman–Crippen LogP) is 14.2. The highest BCUT2D eigenvalue weighted by molar-refractivity contribution is 5.71. The van der Waals surface area contributed by atoms with Crippen molar-refractivity contribution in [3.63, 3.8) is 0 Å². The fraction of sp³-hybridized carbons (Fsp3) is 0.935. The minimum absolute atomic E-state index is 0.0656. The van der Waals surface area contributed by atoms with E-state index in [0.717, 1.165) is 69.6 Å². The van der Waals surface area contributed by atoms with Crippen molar-refractivity contribution in [2.75, 3.05) is 13.2 Å². The minimum atomic E-state index is -0.760. The Morgan fingerprint density at radius 1 is 0.404 bits per heavy atom. The highest BCUT2D eigenvalue weighted by Gasteiger charge is 2.19. The second kappa shape index (κ2) is 39.1. The fourth-order valence-electron chi connectivity index (χ4n) is 6.72. The molecule has 0 amide bonds. The largest absolute Gasteiger partial charge is 0.462 e. The summed E-state index contributed by atoms with van der Waals surface area (Å²) in [5.41, 5.74) is 0. The van der Waals surface area contributed by atoms with Crippen molar-refractivity contribution in [2.24, 2.45) is 11.8 Å². The molecule has 2 atom stereocenters. The highest BCUT2D eigenvalue weighted by atomic mass is 16.6. The zero-order chi connectivity index (χ0) is 38.3. The van der Waals surface area contributed by atoms with Crippen LogP contribution in [0.5, 0.6) is 0 Å². The average Bonchev–Trinajstić information content (AvgIpc) is 3.12. The second-order valence-electron chi connectivity index (χ2n) is 16.4. The lowest BCUT2D eigenvalue weighted by molar-refractivity contribution is -0.167. The molecule has 0 N–H and O–H groups in total. The standard InChI is InChI=1S/C46H88O6/c1-6-8-9-10-11-12-16-21-26-31-36-44(47)50-39-43(52-46(49)38-33-28-23-18-19-24-29-34-41(3)4)40-51-45(48)37-32-27-22-17-14-13-15-20-25-30-35-42(5)7-2/h41-43H,6-40H2,1-5H3/t42?,43-/m0/s1. The quantitative estimate of drug-likeness (QED) is 0.0354. The lowest BCUT2D eigenvalue weighted by atomic mass is 9.99. The molecule has 0 aromatic heterocycles. The molecule has 1 unspecified atom stereocenters. The SMILES string of the molecule is CCCCCCCCCCCCC(=O)OC[C@@H](COC(=O)CCCCCCCCCCCCC(C)CC)OC(=O)CCCCCCCCCC(C)C. The van der Waals surface area contributed by atoms with Crippen LogP contribution in [0, 0.1) is 11.8 Å². The third-order valence-corrected chi connectivity index (χ3v) is 10.6. The van der Waals surface area contributed by atoms with Gasteiger partial charge in [-0.25, -0.2) is 0 Å². The Hall–Kier alpha value is -1.59. The number of esters is 3. The van der Waals surface area contributed by atoms with E-state index in [9.17, 15) is 14.4 Å². The summed E-state index contributed by atoms with van der Waals surface area (Å²) in [4.78, 5) is 37.6. The number of hydrogen-bond acceptors (Lipinski definition) is 6. The van der Waals surface area contributed by atoms with Crippen LogP contribution >= 0.6 is 0 Å². The topological polar surface area (TPSA) is 78.9 Å². The molecule has 0 aromatic rings. The zero-order valence-corrected chi connectivity index (χ0v) is 35.4. The summed E-state index contributed by atoms with van der Waals surface area (Å²) in [5.74, 6) is 0.786. The summed E-state index contributed by atoms with van der Waals surface area (Å²) >= 11 is 0. The third kappa shape index (κ3) is 38.1. The van der Waals surface area contributed by atoms with Gasteiger partial charge in [-0.1, -0.05) is 208 Å². The predicted molar refractivity (Wildman–Crippen MR) is 220 cm³/mol. The summed E-state index contributed by atoms with van der Waals surface area (Å²) in [5, 5.41) is 0. The summed E-state index contributed by atoms with van der Waals surface area (Å²) in [7, 11) is 0. The zero-order valence-electron chi connectivity index (χ0n) is 35.4. The molecule has 0 bridgehead atoms. The molecular formula is C46H88O6. The van der Waals surface area contributed by atoms with Gasteiger partial charge in [0.05, 0.1) is 0 Å². The molecule has 6 heteroatoms. The lowest BCUT2D eigenvalue weighted by Gasteiger charge is -2.18. The van der Waals surface area contributed by atoms with E-state index in [0.29, 0.717) is 19.3 Å². The van der Waals surface area contributed by atoms with Gasteiger partial charge in [0.25, 0.3) is 0 Å². The normalized spacial score (nSPS) is 12.6. The van der Waals surface area contributed by atoms with Crippen LogP contribution in [0.25, 0.3) is 0 Å². The lowest BCUT2D eigenvalue weighted by Crippen LogP contribution is -2.30. The first kappa shape index (κ1) is 50.4. The van der Waals surface area contributed by atoms with Crippen LogP contribution in [0.3, 0.4) is 0 Å². The maximum Gasteiger partial charge on any atom is 0.306 e. The van der Waals surface area contributed by atoms with Gasteiger partial charge < -0.3 is 14.2 Å². The molecule has 0 aliphatic carbocycles. The van der Waals surface area contributed by atoms with Crippen molar-refractivity contribution in [3.8, 4) is 0 Å². The van der Waals surface area contributed by atoms with Gasteiger partial charge in [-0.3, -0.25) is 14.4 Å². The van der Waals surface area contributed by atoms with Crippen LogP contribution in [0.1, 0.15) is 247 Å². The molecule has 0 saturated heterocycles. The van der Waals surface area contributed by atoms with E-state index in [4.69, 9.17) is 14.2 Å². The first-order valence-corrected chi connectivity index (χ1v) is 22.8. The van der Waals surface area contributed by atoms with Crippen LogP contribution in [-0.4, -0.2) is 37.2 Å². The summed E-state index contributed by atoms with van der Waals surface area (Å²) in [6.45, 7) is 11.3. The Balaban J connectivity index is 4.32. The van der Waals surface area contributed by atoms with E-state index in [1.165, 1.54) is 135 Å². The van der Waals surface area contributed by atoms with Crippen molar-refractivity contribution in [1.82, 2.24) is 0 Å². The van der Waals surface area contributed by atoms with Gasteiger partial charge >= 0.3 is 17.9 Å². The second-order valence-corrected chi connectivity index (χ2v) is 16.4. The molecule has 0 fully saturated rings. The Labute approximate surface area is 323 Å².